The van der Waals surface area contributed by atoms with Crippen molar-refractivity contribution in [2.45, 2.75) is 94.0 Å². The molecule has 0 radical (unpaired) electrons. The maximum absolute atomic E-state index is 11.9. The smallest absolute Gasteiger partial charge is 0.317 e. The Morgan fingerprint density at radius 1 is 0.464 bits per heavy atom. The summed E-state index contributed by atoms with van der Waals surface area (Å²) in [7, 11) is 0. The molecule has 10 atom stereocenters. The normalized spacial score (nSPS) is 22.1. The van der Waals surface area contributed by atoms with E-state index in [1.807, 2.05) is 17.0 Å². The molecule has 0 saturated carbocycles. The molecule has 2 aromatic heterocycles. The van der Waals surface area contributed by atoms with E-state index in [9.17, 15) is 80.5 Å². The van der Waals surface area contributed by atoms with Gasteiger partial charge < -0.3 is 86.0 Å². The summed E-state index contributed by atoms with van der Waals surface area (Å²) in [5.41, 5.74) is 10.6. The third kappa shape index (κ3) is 18.7. The van der Waals surface area contributed by atoms with Gasteiger partial charge in [-0.3, -0.25) is 43.8 Å². The SMILES string of the molecule is Nc1ccc(CCN(Cc2cc(C#Cc3ccc(O[C@H]4OC(CO)[C@@H](O)C(O)C4O)cc3)cc(CN(CC(=O)O)CC(=O)O)n2)Cc2cc(C#Cc3ccc(O[C@@H]4OC(CO)[C@H](O)C(O)C4O)cc3)cc(CN(CC(=O)O)CC(=O)O)n2)cc1. The number of anilines is 1. The number of hydrogen-bond donors (Lipinski definition) is 13. The number of hydrogen-bond acceptors (Lipinski definition) is 22. The highest BCUT2D eigenvalue weighted by Crippen LogP contribution is 2.27. The monoisotopic (exact) mass is 1160 g/mol. The number of aliphatic hydroxyl groups excluding tert-OH is 8. The number of carbonyl (C=O) groups is 4. The van der Waals surface area contributed by atoms with Gasteiger partial charge in [0.1, 0.15) is 60.3 Å². The molecule has 0 aliphatic carbocycles. The van der Waals surface area contributed by atoms with Gasteiger partial charge in [-0.1, -0.05) is 35.8 Å². The van der Waals surface area contributed by atoms with Gasteiger partial charge in [0.15, 0.2) is 0 Å². The van der Waals surface area contributed by atoms with Gasteiger partial charge in [0, 0.05) is 60.7 Å². The molecule has 26 nitrogen and oxygen atoms in total. The molecule has 7 rings (SSSR count). The van der Waals surface area contributed by atoms with E-state index in [0.717, 1.165) is 5.56 Å². The first-order chi connectivity index (χ1) is 40.1. The van der Waals surface area contributed by atoms with Crippen molar-refractivity contribution in [3.05, 3.63) is 148 Å². The Balaban J connectivity index is 1.21. The summed E-state index contributed by atoms with van der Waals surface area (Å²) in [5, 5.41) is 120. The Labute approximate surface area is 480 Å². The minimum atomic E-state index is -1.65. The van der Waals surface area contributed by atoms with Gasteiger partial charge in [0.25, 0.3) is 0 Å². The fourth-order valence-electron chi connectivity index (χ4n) is 9.09. The number of nitrogen functional groups attached to an aromatic ring is 1. The molecule has 0 spiro atoms. The standard InChI is InChI=1S/C58H64N6O20/c59-38-11-5-35(6-12-38)17-18-62(23-39-19-36(21-41(60-39)25-63(27-47(67)68)28-48(69)70)3-1-33-7-13-43(14-8-33)81-57-55(79)53(77)51(75)45(31-65)83-57)24-40-20-37(22-42(61-40)26-64(29-49(71)72)30-50(73)74)4-2-34-9-15-44(16-10-34)82-58-56(80)54(78)52(76)46(32-66)84-58/h5-16,19-22,45-46,51-58,65-66,75-80H,17-18,23-32,59H2,(H,67,68)(H,69,70)(H,71,72)(H,73,74)/t45?,46?,51-,52+,53?,54?,55?,56?,57+,58-. The quantitative estimate of drug-likeness (QED) is 0.0231. The number of aliphatic hydroxyl groups is 8. The van der Waals surface area contributed by atoms with Crippen LogP contribution in [-0.2, 0) is 61.3 Å². The number of nitrogens with zero attached hydrogens (tertiary/aromatic N) is 5. The highest BCUT2D eigenvalue weighted by Gasteiger charge is 2.46. The van der Waals surface area contributed by atoms with E-state index in [1.54, 1.807) is 60.7 Å². The van der Waals surface area contributed by atoms with Gasteiger partial charge in [-0.2, -0.15) is 0 Å². The number of aromatic nitrogens is 2. The van der Waals surface area contributed by atoms with Crippen LogP contribution < -0.4 is 15.2 Å². The molecule has 26 heteroatoms. The fourth-order valence-corrected chi connectivity index (χ4v) is 9.09. The van der Waals surface area contributed by atoms with E-state index in [-0.39, 0.29) is 49.1 Å². The Morgan fingerprint density at radius 3 is 1.13 bits per heavy atom. The fraction of sp³-hybridized carbons (Fsp3) is 0.379. The van der Waals surface area contributed by atoms with Gasteiger partial charge in [-0.05, 0) is 96.9 Å². The van der Waals surface area contributed by atoms with Crippen LogP contribution in [0.25, 0.3) is 0 Å². The summed E-state index contributed by atoms with van der Waals surface area (Å²) >= 11 is 0. The second-order valence-electron chi connectivity index (χ2n) is 19.9. The van der Waals surface area contributed by atoms with Crippen molar-refractivity contribution in [3.63, 3.8) is 0 Å². The number of carboxylic acids is 4. The van der Waals surface area contributed by atoms with Crippen LogP contribution in [0.2, 0.25) is 0 Å². The first kappa shape index (κ1) is 63.4. The average Bonchev–Trinajstić information content (AvgIpc) is 3.32. The van der Waals surface area contributed by atoms with Crippen molar-refractivity contribution in [3.8, 4) is 35.2 Å². The van der Waals surface area contributed by atoms with Crippen molar-refractivity contribution >= 4 is 29.6 Å². The highest BCUT2D eigenvalue weighted by molar-refractivity contribution is 5.73. The van der Waals surface area contributed by atoms with Crippen LogP contribution in [0.15, 0.2) is 97.1 Å². The van der Waals surface area contributed by atoms with Gasteiger partial charge >= 0.3 is 23.9 Å². The third-order valence-corrected chi connectivity index (χ3v) is 13.1. The Morgan fingerprint density at radius 2 is 0.798 bits per heavy atom. The summed E-state index contributed by atoms with van der Waals surface area (Å²) in [6.07, 6.45) is -14.5. The molecule has 14 N–H and O–H groups in total. The Hall–Kier alpha value is -8.16. The predicted octanol–water partition coefficient (Wildman–Crippen LogP) is -1.60. The molecule has 2 saturated heterocycles. The second kappa shape index (κ2) is 29.9. The Bertz CT molecular complexity index is 2960. The van der Waals surface area contributed by atoms with Crippen molar-refractivity contribution in [2.24, 2.45) is 0 Å². The van der Waals surface area contributed by atoms with Crippen molar-refractivity contribution in [1.29, 1.82) is 0 Å². The van der Waals surface area contributed by atoms with Gasteiger partial charge in [-0.25, -0.2) is 0 Å². The first-order valence-electron chi connectivity index (χ1n) is 26.2. The molecule has 0 bridgehead atoms. The summed E-state index contributed by atoms with van der Waals surface area (Å²) in [5.74, 6) is 7.62. The van der Waals surface area contributed by atoms with Crippen LogP contribution >= 0.6 is 0 Å². The minimum absolute atomic E-state index is 0.0912. The van der Waals surface area contributed by atoms with Crippen LogP contribution in [0.3, 0.4) is 0 Å². The zero-order valence-corrected chi connectivity index (χ0v) is 44.9. The van der Waals surface area contributed by atoms with E-state index in [2.05, 4.69) is 23.7 Å². The molecular weight excluding hydrogens is 1100 g/mol. The highest BCUT2D eigenvalue weighted by atomic mass is 16.7. The summed E-state index contributed by atoms with van der Waals surface area (Å²) in [6, 6.07) is 26.3. The number of aliphatic carboxylic acids is 4. The summed E-state index contributed by atoms with van der Waals surface area (Å²) < 4.78 is 22.3. The topological polar surface area (TPSA) is 409 Å². The molecule has 3 aromatic carbocycles. The largest absolute Gasteiger partial charge is 0.480 e. The number of pyridine rings is 2. The molecule has 4 heterocycles. The maximum atomic E-state index is 11.9. The van der Waals surface area contributed by atoms with Crippen molar-refractivity contribution < 1.29 is 99.4 Å². The first-order valence-corrected chi connectivity index (χ1v) is 26.2. The molecule has 5 aromatic rings. The molecule has 2 aliphatic rings. The van der Waals surface area contributed by atoms with Crippen molar-refractivity contribution in [2.75, 3.05) is 51.7 Å². The van der Waals surface area contributed by atoms with Gasteiger partial charge in [0.05, 0.1) is 62.2 Å². The number of ether oxygens (including phenoxy) is 4. The molecule has 6 unspecified atom stereocenters. The molecule has 0 amide bonds. The lowest BCUT2D eigenvalue weighted by Crippen LogP contribution is -2.60. The van der Waals surface area contributed by atoms with E-state index >= 15 is 0 Å². The summed E-state index contributed by atoms with van der Waals surface area (Å²) in [6.45, 7) is -3.67. The lowest BCUT2D eigenvalue weighted by atomic mass is 9.99. The molecule has 2 aliphatic heterocycles. The molecular formula is C58H64N6O20. The van der Waals surface area contributed by atoms with Crippen LogP contribution in [0.1, 0.15) is 50.6 Å². The number of carboxylic acid groups (broad SMARTS) is 4. The van der Waals surface area contributed by atoms with E-state index in [4.69, 9.17) is 34.6 Å². The van der Waals surface area contributed by atoms with Crippen LogP contribution in [0, 0.1) is 23.7 Å². The number of benzene rings is 3. The third-order valence-electron chi connectivity index (χ3n) is 13.1. The minimum Gasteiger partial charge on any atom is -0.480 e. The van der Waals surface area contributed by atoms with E-state index in [1.165, 1.54) is 34.1 Å². The average molecular weight is 1170 g/mol. The lowest BCUT2D eigenvalue weighted by molar-refractivity contribution is -0.277. The van der Waals surface area contributed by atoms with E-state index in [0.29, 0.717) is 52.3 Å². The van der Waals surface area contributed by atoms with Crippen LogP contribution in [-0.4, -0.2) is 217 Å². The van der Waals surface area contributed by atoms with Gasteiger partial charge in [0.2, 0.25) is 12.6 Å². The lowest BCUT2D eigenvalue weighted by Gasteiger charge is -2.39. The van der Waals surface area contributed by atoms with Crippen LogP contribution in [0.5, 0.6) is 11.5 Å². The van der Waals surface area contributed by atoms with Crippen molar-refractivity contribution in [1.82, 2.24) is 24.7 Å². The van der Waals surface area contributed by atoms with Gasteiger partial charge in [-0.15, -0.1) is 0 Å². The summed E-state index contributed by atoms with van der Waals surface area (Å²) in [4.78, 5) is 61.6. The van der Waals surface area contributed by atoms with E-state index < -0.39 is 125 Å². The molecule has 2 fully saturated rings. The zero-order chi connectivity index (χ0) is 60.6. The van der Waals surface area contributed by atoms with Crippen LogP contribution in [0.4, 0.5) is 5.69 Å². The maximum Gasteiger partial charge on any atom is 0.317 e. The molecule has 84 heavy (non-hydrogen) atoms. The number of rotatable bonds is 25. The number of nitrogens with two attached hydrogens (primary N) is 1. The zero-order valence-electron chi connectivity index (χ0n) is 44.9. The molecule has 446 valence electrons. The Kier molecular flexibility index (Phi) is 22.6. The second-order valence-corrected chi connectivity index (χ2v) is 19.9. The predicted molar refractivity (Wildman–Crippen MR) is 292 cm³/mol.